The van der Waals surface area contributed by atoms with Crippen molar-refractivity contribution in [3.05, 3.63) is 46.3 Å². The van der Waals surface area contributed by atoms with E-state index < -0.39 is 56.9 Å². The average molecular weight is 533 g/mol. The highest BCUT2D eigenvalue weighted by Gasteiger charge is 2.55. The first kappa shape index (κ1) is 25.8. The van der Waals surface area contributed by atoms with Crippen LogP contribution in [0.4, 0.5) is 0 Å². The lowest BCUT2D eigenvalue weighted by molar-refractivity contribution is -0.152. The Morgan fingerprint density at radius 1 is 1.26 bits per heavy atom. The third-order valence-electron chi connectivity index (χ3n) is 5.12. The highest BCUT2D eigenvalue weighted by molar-refractivity contribution is 8.00. The van der Waals surface area contributed by atoms with E-state index >= 15 is 0 Å². The van der Waals surface area contributed by atoms with E-state index in [0.717, 1.165) is 16.7 Å². The molecule has 2 aliphatic heterocycles. The Morgan fingerprint density at radius 3 is 2.47 bits per heavy atom. The van der Waals surface area contributed by atoms with Crippen LogP contribution in [0.1, 0.15) is 31.2 Å². The SMILES string of the molecule is CCCCS(=O)(=O)OC1=C(C(=O)O)N2C(=O)C(NC(=O)C(C(=O)O)c3ccc(Cl)cc3)[C@H]2SC1. The van der Waals surface area contributed by atoms with Crippen LogP contribution < -0.4 is 5.32 Å². The normalized spacial score (nSPS) is 20.8. The zero-order valence-electron chi connectivity index (χ0n) is 17.8. The van der Waals surface area contributed by atoms with Gasteiger partial charge in [0.25, 0.3) is 5.91 Å². The number of aliphatic carboxylic acids is 2. The van der Waals surface area contributed by atoms with E-state index in [0.29, 0.717) is 17.9 Å². The van der Waals surface area contributed by atoms with Gasteiger partial charge >= 0.3 is 22.1 Å². The van der Waals surface area contributed by atoms with E-state index in [4.69, 9.17) is 15.8 Å². The Balaban J connectivity index is 1.79. The molecule has 14 heteroatoms. The second-order valence-corrected chi connectivity index (χ2v) is 10.7. The number of amides is 2. The number of carboxylic acids is 2. The summed E-state index contributed by atoms with van der Waals surface area (Å²) in [7, 11) is -4.05. The van der Waals surface area contributed by atoms with Crippen LogP contribution in [0, 0.1) is 0 Å². The Kier molecular flexibility index (Phi) is 7.78. The summed E-state index contributed by atoms with van der Waals surface area (Å²) in [4.78, 5) is 49.8. The third kappa shape index (κ3) is 5.31. The van der Waals surface area contributed by atoms with Crippen LogP contribution in [-0.2, 0) is 33.5 Å². The number of thioether (sulfide) groups is 1. The molecule has 0 bridgehead atoms. The Bertz CT molecular complexity index is 1150. The highest BCUT2D eigenvalue weighted by atomic mass is 35.5. The van der Waals surface area contributed by atoms with E-state index in [-0.39, 0.29) is 22.8 Å². The summed E-state index contributed by atoms with van der Waals surface area (Å²) in [6.07, 6.45) is 0.909. The fourth-order valence-electron chi connectivity index (χ4n) is 3.47. The van der Waals surface area contributed by atoms with Gasteiger partial charge in [-0.25, -0.2) is 4.79 Å². The molecule has 2 aliphatic rings. The number of halogens is 1. The molecule has 0 spiro atoms. The number of hydrogen-bond donors (Lipinski definition) is 3. The molecular formula is C20H21ClN2O9S2. The number of rotatable bonds is 10. The molecule has 1 aromatic rings. The van der Waals surface area contributed by atoms with E-state index in [2.05, 4.69) is 5.32 Å². The lowest BCUT2D eigenvalue weighted by Crippen LogP contribution is -2.71. The first-order valence-electron chi connectivity index (χ1n) is 10.1. The highest BCUT2D eigenvalue weighted by Crippen LogP contribution is 2.41. The smallest absolute Gasteiger partial charge is 0.356 e. The number of β-lactam (4-membered cyclic amide) rings is 1. The number of carbonyl (C=O) groups excluding carboxylic acids is 2. The van der Waals surface area contributed by atoms with Crippen molar-refractivity contribution in [2.45, 2.75) is 37.1 Å². The molecule has 3 rings (SSSR count). The van der Waals surface area contributed by atoms with Crippen molar-refractivity contribution < 1.29 is 42.0 Å². The van der Waals surface area contributed by atoms with Crippen molar-refractivity contribution in [3.63, 3.8) is 0 Å². The summed E-state index contributed by atoms with van der Waals surface area (Å²) in [5.41, 5.74) is -0.472. The monoisotopic (exact) mass is 532 g/mol. The lowest BCUT2D eigenvalue weighted by atomic mass is 9.96. The van der Waals surface area contributed by atoms with Crippen LogP contribution in [0.5, 0.6) is 0 Å². The molecule has 1 saturated heterocycles. The molecule has 0 saturated carbocycles. The van der Waals surface area contributed by atoms with Crippen LogP contribution >= 0.6 is 23.4 Å². The zero-order chi connectivity index (χ0) is 25.2. The van der Waals surface area contributed by atoms with Crippen molar-refractivity contribution in [2.24, 2.45) is 0 Å². The zero-order valence-corrected chi connectivity index (χ0v) is 20.2. The second kappa shape index (κ2) is 10.2. The average Bonchev–Trinajstić information content (AvgIpc) is 2.76. The molecule has 34 heavy (non-hydrogen) atoms. The largest absolute Gasteiger partial charge is 0.480 e. The minimum Gasteiger partial charge on any atom is -0.480 e. The number of hydrogen-bond acceptors (Lipinski definition) is 8. The van der Waals surface area contributed by atoms with Crippen LogP contribution in [-0.4, -0.2) is 70.2 Å². The maximum Gasteiger partial charge on any atom is 0.356 e. The van der Waals surface area contributed by atoms with Crippen molar-refractivity contribution >= 4 is 57.2 Å². The fourth-order valence-corrected chi connectivity index (χ4v) is 6.09. The van der Waals surface area contributed by atoms with Gasteiger partial charge in [-0.2, -0.15) is 8.42 Å². The summed E-state index contributed by atoms with van der Waals surface area (Å²) in [5, 5.41) is 21.0. The Labute approximate surface area is 204 Å². The van der Waals surface area contributed by atoms with Gasteiger partial charge in [0, 0.05) is 5.02 Å². The molecule has 0 radical (unpaired) electrons. The summed E-state index contributed by atoms with van der Waals surface area (Å²) >= 11 is 6.80. The molecule has 3 atom stereocenters. The quantitative estimate of drug-likeness (QED) is 0.227. The molecule has 1 fully saturated rings. The van der Waals surface area contributed by atoms with Crippen LogP contribution in [0.25, 0.3) is 0 Å². The number of benzene rings is 1. The minimum atomic E-state index is -4.05. The molecule has 2 amide bonds. The second-order valence-electron chi connectivity index (χ2n) is 7.49. The molecule has 1 aromatic carbocycles. The predicted molar refractivity (Wildman–Crippen MR) is 121 cm³/mol. The van der Waals surface area contributed by atoms with Gasteiger partial charge in [0.2, 0.25) is 5.91 Å². The van der Waals surface area contributed by atoms with Gasteiger partial charge in [-0.05, 0) is 24.1 Å². The van der Waals surface area contributed by atoms with E-state index in [1.807, 2.05) is 0 Å². The summed E-state index contributed by atoms with van der Waals surface area (Å²) < 4.78 is 29.3. The standard InChI is InChI=1S/C20H21ClN2O9S2/c1-2-3-8-34(30,31)32-12-9-33-18-14(17(25)23(18)15(12)20(28)29)22-16(24)13(19(26)27)10-4-6-11(21)7-5-10/h4-7,13-14,18H,2-3,8-9H2,1H3,(H,22,24)(H,26,27)(H,28,29)/t13?,14?,18-/m1/s1. The number of carbonyl (C=O) groups is 4. The van der Waals surface area contributed by atoms with Crippen molar-refractivity contribution in [1.82, 2.24) is 10.2 Å². The molecule has 3 N–H and O–H groups in total. The van der Waals surface area contributed by atoms with E-state index in [1.54, 1.807) is 6.92 Å². The lowest BCUT2D eigenvalue weighted by Gasteiger charge is -2.49. The van der Waals surface area contributed by atoms with Gasteiger partial charge in [-0.1, -0.05) is 37.1 Å². The van der Waals surface area contributed by atoms with Crippen molar-refractivity contribution in [1.29, 1.82) is 0 Å². The van der Waals surface area contributed by atoms with Gasteiger partial charge in [0.1, 0.15) is 11.4 Å². The van der Waals surface area contributed by atoms with Gasteiger partial charge in [-0.15, -0.1) is 11.8 Å². The molecule has 2 heterocycles. The molecule has 2 unspecified atom stereocenters. The van der Waals surface area contributed by atoms with Gasteiger partial charge < -0.3 is 19.7 Å². The molecule has 0 aliphatic carbocycles. The van der Waals surface area contributed by atoms with Crippen molar-refractivity contribution in [3.8, 4) is 0 Å². The van der Waals surface area contributed by atoms with Crippen LogP contribution in [0.3, 0.4) is 0 Å². The van der Waals surface area contributed by atoms with Crippen LogP contribution in [0.2, 0.25) is 5.02 Å². The Morgan fingerprint density at radius 2 is 1.91 bits per heavy atom. The summed E-state index contributed by atoms with van der Waals surface area (Å²) in [5.74, 6) is -7.27. The first-order valence-corrected chi connectivity index (χ1v) is 13.1. The maximum atomic E-state index is 12.7. The molecule has 184 valence electrons. The number of nitrogens with one attached hydrogen (secondary N) is 1. The molecule has 11 nitrogen and oxygen atoms in total. The topological polar surface area (TPSA) is 167 Å². The maximum absolute atomic E-state index is 12.7. The predicted octanol–water partition coefficient (Wildman–Crippen LogP) is 1.35. The molecular weight excluding hydrogens is 512 g/mol. The number of unbranched alkanes of at least 4 members (excludes halogenated alkanes) is 1. The number of carboxylic acid groups (broad SMARTS) is 2. The molecule has 0 aromatic heterocycles. The van der Waals surface area contributed by atoms with E-state index in [1.165, 1.54) is 24.3 Å². The number of fused-ring (bicyclic) bond motifs is 1. The fraction of sp³-hybridized carbons (Fsp3) is 0.400. The van der Waals surface area contributed by atoms with Gasteiger partial charge in [-0.3, -0.25) is 19.3 Å². The van der Waals surface area contributed by atoms with Gasteiger partial charge in [0.15, 0.2) is 17.4 Å². The summed E-state index contributed by atoms with van der Waals surface area (Å²) in [6.45, 7) is 1.79. The minimum absolute atomic E-state index is 0.147. The number of nitrogens with zero attached hydrogens (tertiary/aromatic N) is 1. The van der Waals surface area contributed by atoms with Crippen LogP contribution in [0.15, 0.2) is 35.7 Å². The summed E-state index contributed by atoms with van der Waals surface area (Å²) in [6, 6.07) is 4.40. The first-order chi connectivity index (χ1) is 16.0. The van der Waals surface area contributed by atoms with E-state index in [9.17, 15) is 37.8 Å². The third-order valence-corrected chi connectivity index (χ3v) is 7.87. The van der Waals surface area contributed by atoms with Gasteiger partial charge in [0.05, 0.1) is 11.5 Å². The Hall–Kier alpha value is -2.77. The van der Waals surface area contributed by atoms with Crippen molar-refractivity contribution in [2.75, 3.05) is 11.5 Å².